The molecular formula is C22H21N3O2. The number of nitrogens with one attached hydrogen (secondary N) is 1. The lowest BCUT2D eigenvalue weighted by molar-refractivity contribution is 0.414. The van der Waals surface area contributed by atoms with Crippen molar-refractivity contribution in [1.82, 2.24) is 9.97 Å². The van der Waals surface area contributed by atoms with Crippen LogP contribution in [-0.2, 0) is 0 Å². The first kappa shape index (κ1) is 17.1. The maximum absolute atomic E-state index is 5.95. The number of furan rings is 1. The number of fused-ring (bicyclic) bond motifs is 1. The van der Waals surface area contributed by atoms with E-state index >= 15 is 0 Å². The molecule has 2 aromatic heterocycles. The highest BCUT2D eigenvalue weighted by Gasteiger charge is 2.12. The van der Waals surface area contributed by atoms with Gasteiger partial charge in [0.15, 0.2) is 5.76 Å². The van der Waals surface area contributed by atoms with Crippen LogP contribution in [0.4, 0.5) is 5.82 Å². The quantitative estimate of drug-likeness (QED) is 0.518. The number of nitrogens with zero attached hydrogens (tertiary/aromatic N) is 2. The molecule has 4 rings (SSSR count). The monoisotopic (exact) mass is 359 g/mol. The van der Waals surface area contributed by atoms with E-state index in [2.05, 4.69) is 28.3 Å². The molecule has 0 aliphatic carbocycles. The van der Waals surface area contributed by atoms with Gasteiger partial charge in [0, 0.05) is 11.5 Å². The highest BCUT2D eigenvalue weighted by Crippen LogP contribution is 2.29. The lowest BCUT2D eigenvalue weighted by Crippen LogP contribution is -2.09. The van der Waals surface area contributed by atoms with Crippen molar-refractivity contribution in [2.75, 3.05) is 12.4 Å². The minimum atomic E-state index is 0.0675. The molecule has 5 nitrogen and oxygen atoms in total. The van der Waals surface area contributed by atoms with Gasteiger partial charge < -0.3 is 14.5 Å². The fourth-order valence-electron chi connectivity index (χ4n) is 3.09. The van der Waals surface area contributed by atoms with Crippen LogP contribution in [0.15, 0.2) is 65.1 Å². The Hall–Kier alpha value is -3.34. The van der Waals surface area contributed by atoms with E-state index in [0.717, 1.165) is 39.6 Å². The molecule has 0 aliphatic heterocycles. The third-order valence-corrected chi connectivity index (χ3v) is 4.47. The molecule has 0 fully saturated rings. The third-order valence-electron chi connectivity index (χ3n) is 4.47. The second kappa shape index (κ2) is 7.11. The fourth-order valence-corrected chi connectivity index (χ4v) is 3.09. The predicted octanol–water partition coefficient (Wildman–Crippen LogP) is 5.38. The molecule has 0 radical (unpaired) electrons. The molecule has 1 N–H and O–H groups in total. The summed E-state index contributed by atoms with van der Waals surface area (Å²) in [6, 6.07) is 19.9. The number of aromatic nitrogens is 2. The van der Waals surface area contributed by atoms with Gasteiger partial charge in [-0.25, -0.2) is 9.97 Å². The van der Waals surface area contributed by atoms with E-state index in [9.17, 15) is 0 Å². The molecule has 5 heteroatoms. The van der Waals surface area contributed by atoms with Crippen LogP contribution in [0.5, 0.6) is 5.75 Å². The number of hydrogen-bond acceptors (Lipinski definition) is 5. The number of methoxy groups -OCH3 is 1. The molecule has 1 atom stereocenters. The van der Waals surface area contributed by atoms with Crippen LogP contribution < -0.4 is 10.1 Å². The van der Waals surface area contributed by atoms with Crippen LogP contribution in [0.1, 0.15) is 24.4 Å². The van der Waals surface area contributed by atoms with Crippen LogP contribution in [0.3, 0.4) is 0 Å². The minimum absolute atomic E-state index is 0.0675. The summed E-state index contributed by atoms with van der Waals surface area (Å²) in [6.07, 6.45) is 0. The molecule has 0 saturated heterocycles. The number of anilines is 1. The summed E-state index contributed by atoms with van der Waals surface area (Å²) in [4.78, 5) is 9.07. The van der Waals surface area contributed by atoms with Crippen molar-refractivity contribution >= 4 is 16.8 Å². The molecule has 0 aliphatic rings. The Kier molecular flexibility index (Phi) is 4.50. The summed E-state index contributed by atoms with van der Waals surface area (Å²) in [7, 11) is 1.67. The normalized spacial score (nSPS) is 12.1. The Labute approximate surface area is 158 Å². The first-order chi connectivity index (χ1) is 13.1. The molecule has 2 aromatic carbocycles. The van der Waals surface area contributed by atoms with Gasteiger partial charge in [-0.15, -0.1) is 0 Å². The Morgan fingerprint density at radius 3 is 2.67 bits per heavy atom. The smallest absolute Gasteiger partial charge is 0.154 e. The first-order valence-electron chi connectivity index (χ1n) is 8.87. The Balaban J connectivity index is 1.63. The number of para-hydroxylation sites is 1. The van der Waals surface area contributed by atoms with E-state index in [0.29, 0.717) is 5.82 Å². The summed E-state index contributed by atoms with van der Waals surface area (Å²) in [5.74, 6) is 3.02. The zero-order valence-corrected chi connectivity index (χ0v) is 15.6. The predicted molar refractivity (Wildman–Crippen MR) is 107 cm³/mol. The van der Waals surface area contributed by atoms with Crippen molar-refractivity contribution < 1.29 is 9.15 Å². The summed E-state index contributed by atoms with van der Waals surface area (Å²) in [6.45, 7) is 3.97. The summed E-state index contributed by atoms with van der Waals surface area (Å²) in [5, 5.41) is 4.50. The summed E-state index contributed by atoms with van der Waals surface area (Å²) >= 11 is 0. The zero-order chi connectivity index (χ0) is 18.8. The molecule has 0 unspecified atom stereocenters. The highest BCUT2D eigenvalue weighted by molar-refractivity contribution is 5.82. The van der Waals surface area contributed by atoms with Crippen molar-refractivity contribution in [3.63, 3.8) is 0 Å². The molecule has 0 saturated carbocycles. The Morgan fingerprint density at radius 2 is 1.85 bits per heavy atom. The van der Waals surface area contributed by atoms with E-state index < -0.39 is 0 Å². The van der Waals surface area contributed by atoms with Gasteiger partial charge in [-0.05, 0) is 43.7 Å². The van der Waals surface area contributed by atoms with E-state index in [4.69, 9.17) is 9.15 Å². The van der Waals surface area contributed by atoms with Gasteiger partial charge in [-0.3, -0.25) is 0 Å². The Bertz CT molecular complexity index is 1050. The minimum Gasteiger partial charge on any atom is -0.497 e. The number of ether oxygens (including phenoxy) is 1. The first-order valence-corrected chi connectivity index (χ1v) is 8.87. The van der Waals surface area contributed by atoms with E-state index in [1.807, 2.05) is 61.5 Å². The lowest BCUT2D eigenvalue weighted by Gasteiger charge is -2.16. The molecule has 0 bridgehead atoms. The van der Waals surface area contributed by atoms with Gasteiger partial charge in [0.2, 0.25) is 0 Å². The molecule has 0 spiro atoms. The number of benzene rings is 2. The van der Waals surface area contributed by atoms with Crippen molar-refractivity contribution in [3.8, 4) is 17.2 Å². The topological polar surface area (TPSA) is 60.2 Å². The largest absolute Gasteiger partial charge is 0.497 e. The highest BCUT2D eigenvalue weighted by atomic mass is 16.5. The van der Waals surface area contributed by atoms with Gasteiger partial charge >= 0.3 is 0 Å². The maximum atomic E-state index is 5.95. The SMILES string of the molecule is COc1cccc([C@H](C)Nc2cc(-c3cc4ccccc4o3)nc(C)n2)c1. The average Bonchev–Trinajstić information content (AvgIpc) is 3.12. The maximum Gasteiger partial charge on any atom is 0.154 e. The van der Waals surface area contributed by atoms with Gasteiger partial charge in [0.25, 0.3) is 0 Å². The van der Waals surface area contributed by atoms with Crippen LogP contribution in [0, 0.1) is 6.92 Å². The summed E-state index contributed by atoms with van der Waals surface area (Å²) < 4.78 is 11.3. The molecule has 0 amide bonds. The molecule has 27 heavy (non-hydrogen) atoms. The summed E-state index contributed by atoms with van der Waals surface area (Å²) in [5.41, 5.74) is 2.73. The van der Waals surface area contributed by atoms with Crippen molar-refractivity contribution in [1.29, 1.82) is 0 Å². The zero-order valence-electron chi connectivity index (χ0n) is 15.6. The van der Waals surface area contributed by atoms with Crippen molar-refractivity contribution in [2.45, 2.75) is 19.9 Å². The van der Waals surface area contributed by atoms with Gasteiger partial charge in [0.1, 0.15) is 28.7 Å². The standard InChI is InChI=1S/C22H21N3O2/c1-14(16-8-6-9-18(11-16)26-3)23-22-13-19(24-15(2)25-22)21-12-17-7-4-5-10-20(17)27-21/h4-14H,1-3H3,(H,23,24,25)/t14-/m0/s1. The molecule has 2 heterocycles. The fraction of sp³-hybridized carbons (Fsp3) is 0.182. The number of aryl methyl sites for hydroxylation is 1. The average molecular weight is 359 g/mol. The third kappa shape index (κ3) is 3.62. The number of hydrogen-bond donors (Lipinski definition) is 1. The molecule has 136 valence electrons. The van der Waals surface area contributed by atoms with Gasteiger partial charge in [-0.1, -0.05) is 30.3 Å². The van der Waals surface area contributed by atoms with Crippen LogP contribution in [-0.4, -0.2) is 17.1 Å². The van der Waals surface area contributed by atoms with Crippen LogP contribution in [0.2, 0.25) is 0 Å². The molecular weight excluding hydrogens is 338 g/mol. The second-order valence-electron chi connectivity index (χ2n) is 6.48. The number of rotatable bonds is 5. The van der Waals surface area contributed by atoms with E-state index in [-0.39, 0.29) is 6.04 Å². The second-order valence-corrected chi connectivity index (χ2v) is 6.48. The van der Waals surface area contributed by atoms with Gasteiger partial charge in [0.05, 0.1) is 13.2 Å². The lowest BCUT2D eigenvalue weighted by atomic mass is 10.1. The van der Waals surface area contributed by atoms with Gasteiger partial charge in [-0.2, -0.15) is 0 Å². The van der Waals surface area contributed by atoms with E-state index in [1.165, 1.54) is 0 Å². The Morgan fingerprint density at radius 1 is 1.00 bits per heavy atom. The van der Waals surface area contributed by atoms with Crippen LogP contribution >= 0.6 is 0 Å². The van der Waals surface area contributed by atoms with Crippen LogP contribution in [0.25, 0.3) is 22.4 Å². The molecule has 4 aromatic rings. The van der Waals surface area contributed by atoms with Crippen molar-refractivity contribution in [2.24, 2.45) is 0 Å². The van der Waals surface area contributed by atoms with E-state index in [1.54, 1.807) is 7.11 Å². The van der Waals surface area contributed by atoms with Crippen molar-refractivity contribution in [3.05, 3.63) is 72.1 Å².